The summed E-state index contributed by atoms with van der Waals surface area (Å²) < 4.78 is 0. The molecule has 3 aromatic carbocycles. The van der Waals surface area contributed by atoms with Crippen molar-refractivity contribution < 1.29 is 19.2 Å². The minimum Gasteiger partial charge on any atom is -0.342 e. The van der Waals surface area contributed by atoms with Gasteiger partial charge >= 0.3 is 0 Å². The number of para-hydroxylation sites is 2. The van der Waals surface area contributed by atoms with Crippen molar-refractivity contribution in [1.29, 1.82) is 0 Å². The fraction of sp³-hybridized carbons (Fsp3) is 0.241. The van der Waals surface area contributed by atoms with Crippen LogP contribution in [0.2, 0.25) is 0 Å². The summed E-state index contributed by atoms with van der Waals surface area (Å²) in [5.74, 6) is -0.949. The summed E-state index contributed by atoms with van der Waals surface area (Å²) in [6.07, 6.45) is 1.82. The van der Waals surface area contributed by atoms with Gasteiger partial charge in [0.2, 0.25) is 17.7 Å². The number of nitrogens with one attached hydrogen (secondary N) is 2. The summed E-state index contributed by atoms with van der Waals surface area (Å²) in [4.78, 5) is 54.2. The van der Waals surface area contributed by atoms with Gasteiger partial charge in [-0.05, 0) is 54.8 Å². The van der Waals surface area contributed by atoms with E-state index >= 15 is 0 Å². The largest absolute Gasteiger partial charge is 0.342 e. The molecule has 0 radical (unpaired) electrons. The zero-order valence-electron chi connectivity index (χ0n) is 20.4. The lowest BCUT2D eigenvalue weighted by Gasteiger charge is -2.32. The molecule has 4 amide bonds. The number of benzene rings is 3. The Balaban J connectivity index is 1.20. The molecular weight excluding hydrogens is 468 g/mol. The maximum Gasteiger partial charge on any atom is 0.258 e. The van der Waals surface area contributed by atoms with Crippen LogP contribution in [0, 0.1) is 5.92 Å². The maximum absolute atomic E-state index is 13.1. The minimum atomic E-state index is -0.293. The Morgan fingerprint density at radius 1 is 0.919 bits per heavy atom. The van der Waals surface area contributed by atoms with Crippen molar-refractivity contribution in [2.24, 2.45) is 5.92 Å². The Morgan fingerprint density at radius 2 is 1.65 bits per heavy atom. The van der Waals surface area contributed by atoms with E-state index < -0.39 is 0 Å². The van der Waals surface area contributed by atoms with Crippen molar-refractivity contribution in [2.75, 3.05) is 35.2 Å². The molecule has 0 bridgehead atoms. The third-order valence-corrected chi connectivity index (χ3v) is 6.76. The molecule has 8 nitrogen and oxygen atoms in total. The number of nitrogens with zero attached hydrogens (tertiary/aromatic N) is 2. The maximum atomic E-state index is 13.1. The van der Waals surface area contributed by atoms with Crippen LogP contribution in [0.3, 0.4) is 0 Å². The zero-order chi connectivity index (χ0) is 25.8. The molecule has 0 aliphatic carbocycles. The van der Waals surface area contributed by atoms with Crippen LogP contribution in [0.25, 0.3) is 0 Å². The molecule has 1 unspecified atom stereocenters. The molecule has 8 heteroatoms. The number of anilines is 3. The first-order valence-electron chi connectivity index (χ1n) is 12.4. The molecule has 5 rings (SSSR count). The van der Waals surface area contributed by atoms with Crippen LogP contribution >= 0.6 is 0 Å². The van der Waals surface area contributed by atoms with Gasteiger partial charge in [-0.1, -0.05) is 42.5 Å². The lowest BCUT2D eigenvalue weighted by molar-refractivity contribution is -0.134. The van der Waals surface area contributed by atoms with Crippen molar-refractivity contribution in [3.05, 3.63) is 90.0 Å². The molecule has 0 saturated carbocycles. The van der Waals surface area contributed by atoms with E-state index in [0.29, 0.717) is 48.6 Å². The first-order chi connectivity index (χ1) is 18.0. The third kappa shape index (κ3) is 5.53. The third-order valence-electron chi connectivity index (χ3n) is 6.76. The molecule has 1 atom stereocenters. The monoisotopic (exact) mass is 496 g/mol. The molecule has 2 aliphatic heterocycles. The summed E-state index contributed by atoms with van der Waals surface area (Å²) in [6, 6.07) is 23.4. The topological polar surface area (TPSA) is 98.8 Å². The van der Waals surface area contributed by atoms with Crippen LogP contribution in [0.15, 0.2) is 78.9 Å². The lowest BCUT2D eigenvalue weighted by atomic mass is 9.96. The lowest BCUT2D eigenvalue weighted by Crippen LogP contribution is -2.44. The van der Waals surface area contributed by atoms with Gasteiger partial charge in [-0.15, -0.1) is 0 Å². The van der Waals surface area contributed by atoms with Gasteiger partial charge in [0.25, 0.3) is 5.91 Å². The van der Waals surface area contributed by atoms with Gasteiger partial charge in [-0.2, -0.15) is 0 Å². The van der Waals surface area contributed by atoms with E-state index in [1.807, 2.05) is 36.4 Å². The Kier molecular flexibility index (Phi) is 6.98. The molecule has 188 valence electrons. The van der Waals surface area contributed by atoms with Crippen LogP contribution < -0.4 is 15.5 Å². The Morgan fingerprint density at radius 3 is 2.43 bits per heavy atom. The first kappa shape index (κ1) is 24.2. The quantitative estimate of drug-likeness (QED) is 0.563. The molecular formula is C29H28N4O4. The van der Waals surface area contributed by atoms with E-state index in [4.69, 9.17) is 0 Å². The van der Waals surface area contributed by atoms with Gasteiger partial charge in [0, 0.05) is 24.3 Å². The van der Waals surface area contributed by atoms with Gasteiger partial charge in [-0.25, -0.2) is 0 Å². The first-order valence-corrected chi connectivity index (χ1v) is 12.4. The normalized spacial score (nSPS) is 17.0. The Labute approximate surface area is 215 Å². The number of fused-ring (bicyclic) bond motifs is 1. The smallest absolute Gasteiger partial charge is 0.258 e. The SMILES string of the molecule is O=C1CN(C(=O)c2ccc(NC(=O)C3CCCN(C(=O)Cc4ccccc4)C3)cc2)c2ccccc2N1. The molecule has 1 saturated heterocycles. The highest BCUT2D eigenvalue weighted by molar-refractivity contribution is 6.15. The number of likely N-dealkylation sites (tertiary alicyclic amines) is 1. The highest BCUT2D eigenvalue weighted by atomic mass is 16.2. The number of hydrogen-bond acceptors (Lipinski definition) is 4. The predicted octanol–water partition coefficient (Wildman–Crippen LogP) is 3.71. The van der Waals surface area contributed by atoms with Crippen molar-refractivity contribution in [3.8, 4) is 0 Å². The van der Waals surface area contributed by atoms with Gasteiger partial charge in [0.15, 0.2) is 0 Å². The van der Waals surface area contributed by atoms with Crippen molar-refractivity contribution in [1.82, 2.24) is 4.90 Å². The number of rotatable bonds is 5. The summed E-state index contributed by atoms with van der Waals surface area (Å²) >= 11 is 0. The van der Waals surface area contributed by atoms with Gasteiger partial charge in [-0.3, -0.25) is 24.1 Å². The average Bonchev–Trinajstić information content (AvgIpc) is 2.93. The molecule has 0 aromatic heterocycles. The number of piperidine rings is 1. The van der Waals surface area contributed by atoms with Crippen molar-refractivity contribution in [2.45, 2.75) is 19.3 Å². The van der Waals surface area contributed by atoms with Crippen LogP contribution in [-0.4, -0.2) is 48.2 Å². The Hall–Kier alpha value is -4.46. The molecule has 2 N–H and O–H groups in total. The fourth-order valence-corrected chi connectivity index (χ4v) is 4.81. The van der Waals surface area contributed by atoms with Crippen molar-refractivity contribution >= 4 is 40.7 Å². The molecule has 37 heavy (non-hydrogen) atoms. The van der Waals surface area contributed by atoms with E-state index in [1.165, 1.54) is 4.90 Å². The zero-order valence-corrected chi connectivity index (χ0v) is 20.4. The summed E-state index contributed by atoms with van der Waals surface area (Å²) in [6.45, 7) is 0.990. The summed E-state index contributed by atoms with van der Waals surface area (Å²) in [7, 11) is 0. The number of hydrogen-bond donors (Lipinski definition) is 2. The summed E-state index contributed by atoms with van der Waals surface area (Å²) in [5, 5.41) is 5.70. The standard InChI is InChI=1S/C29H28N4O4/c34-26-19-33(25-11-5-4-10-24(25)31-26)29(37)21-12-14-23(15-13-21)30-28(36)22-9-6-16-32(18-22)27(35)17-20-7-2-1-3-8-20/h1-5,7-8,10-15,22H,6,9,16-19H2,(H,30,36)(H,31,34). The second kappa shape index (κ2) is 10.7. The van der Waals surface area contributed by atoms with Crippen LogP contribution in [0.1, 0.15) is 28.8 Å². The molecule has 0 spiro atoms. The molecule has 1 fully saturated rings. The van der Waals surface area contributed by atoms with E-state index in [1.54, 1.807) is 47.4 Å². The number of carbonyl (C=O) groups is 4. The number of carbonyl (C=O) groups excluding carboxylic acids is 4. The Bertz CT molecular complexity index is 1320. The van der Waals surface area contributed by atoms with E-state index in [-0.39, 0.29) is 36.1 Å². The van der Waals surface area contributed by atoms with Crippen LogP contribution in [0.4, 0.5) is 17.1 Å². The molecule has 2 aliphatic rings. The van der Waals surface area contributed by atoms with Gasteiger partial charge in [0.05, 0.1) is 23.7 Å². The van der Waals surface area contributed by atoms with E-state index in [2.05, 4.69) is 10.6 Å². The number of amides is 4. The highest BCUT2D eigenvalue weighted by Crippen LogP contribution is 2.30. The second-order valence-corrected chi connectivity index (χ2v) is 9.36. The van der Waals surface area contributed by atoms with Crippen molar-refractivity contribution in [3.63, 3.8) is 0 Å². The van der Waals surface area contributed by atoms with Gasteiger partial charge < -0.3 is 15.5 Å². The van der Waals surface area contributed by atoms with E-state index in [9.17, 15) is 19.2 Å². The minimum absolute atomic E-state index is 0.0273. The fourth-order valence-electron chi connectivity index (χ4n) is 4.81. The van der Waals surface area contributed by atoms with E-state index in [0.717, 1.165) is 12.0 Å². The van der Waals surface area contributed by atoms with Crippen LogP contribution in [0.5, 0.6) is 0 Å². The molecule has 2 heterocycles. The van der Waals surface area contributed by atoms with Crippen LogP contribution in [-0.2, 0) is 20.8 Å². The predicted molar refractivity (Wildman–Crippen MR) is 141 cm³/mol. The highest BCUT2D eigenvalue weighted by Gasteiger charge is 2.29. The average molecular weight is 497 g/mol. The molecule has 3 aromatic rings. The second-order valence-electron chi connectivity index (χ2n) is 9.36. The van der Waals surface area contributed by atoms with Gasteiger partial charge in [0.1, 0.15) is 6.54 Å². The summed E-state index contributed by atoms with van der Waals surface area (Å²) in [5.41, 5.74) is 3.19.